The maximum Gasteiger partial charge on any atom is 0.272 e. The van der Waals surface area contributed by atoms with E-state index in [0.717, 1.165) is 27.5 Å². The largest absolute Gasteiger partial charge is 0.333 e. The summed E-state index contributed by atoms with van der Waals surface area (Å²) in [7, 11) is 3.72. The van der Waals surface area contributed by atoms with Gasteiger partial charge in [0.25, 0.3) is 5.91 Å². The Kier molecular flexibility index (Phi) is 4.28. The van der Waals surface area contributed by atoms with Crippen LogP contribution >= 0.6 is 11.3 Å². The van der Waals surface area contributed by atoms with Crippen molar-refractivity contribution < 1.29 is 4.79 Å². The van der Waals surface area contributed by atoms with Crippen LogP contribution < -0.4 is 0 Å². The number of hydrogen-bond donors (Lipinski definition) is 1. The smallest absolute Gasteiger partial charge is 0.272 e. The number of nitrogens with zero attached hydrogens (tertiary/aromatic N) is 4. The first kappa shape index (κ1) is 16.4. The van der Waals surface area contributed by atoms with Crippen LogP contribution in [0.2, 0.25) is 0 Å². The van der Waals surface area contributed by atoms with Crippen LogP contribution in [0.25, 0.3) is 11.3 Å². The Bertz CT molecular complexity index is 862. The fourth-order valence-electron chi connectivity index (χ4n) is 2.79. The average molecular weight is 343 g/mol. The summed E-state index contributed by atoms with van der Waals surface area (Å²) in [6.45, 7) is 5.97. The van der Waals surface area contributed by atoms with Gasteiger partial charge in [0.05, 0.1) is 17.4 Å². The van der Waals surface area contributed by atoms with Gasteiger partial charge >= 0.3 is 0 Å². The fourth-order valence-corrected chi connectivity index (χ4v) is 3.62. The Morgan fingerprint density at radius 2 is 2.17 bits per heavy atom. The number of H-pyrrole nitrogens is 1. The van der Waals surface area contributed by atoms with Crippen molar-refractivity contribution >= 4 is 17.2 Å². The number of amides is 1. The van der Waals surface area contributed by atoms with E-state index in [9.17, 15) is 4.79 Å². The van der Waals surface area contributed by atoms with Crippen LogP contribution in [0.4, 0.5) is 0 Å². The molecule has 0 saturated carbocycles. The predicted molar refractivity (Wildman–Crippen MR) is 95.1 cm³/mol. The van der Waals surface area contributed by atoms with E-state index in [-0.39, 0.29) is 11.9 Å². The van der Waals surface area contributed by atoms with Gasteiger partial charge in [-0.1, -0.05) is 6.07 Å². The van der Waals surface area contributed by atoms with E-state index >= 15 is 0 Å². The molecule has 3 rings (SSSR count). The Labute approximate surface area is 145 Å². The van der Waals surface area contributed by atoms with Gasteiger partial charge < -0.3 is 4.90 Å². The normalized spacial score (nSPS) is 12.4. The van der Waals surface area contributed by atoms with E-state index in [0.29, 0.717) is 5.69 Å². The van der Waals surface area contributed by atoms with Gasteiger partial charge in [-0.05, 0) is 38.3 Å². The second-order valence-electron chi connectivity index (χ2n) is 5.94. The minimum atomic E-state index is -0.0751. The number of aromatic nitrogens is 4. The Balaban J connectivity index is 1.86. The van der Waals surface area contributed by atoms with Gasteiger partial charge in [0.2, 0.25) is 0 Å². The Morgan fingerprint density at radius 3 is 2.75 bits per heavy atom. The lowest BCUT2D eigenvalue weighted by Crippen LogP contribution is -2.29. The molecule has 0 aliphatic rings. The monoisotopic (exact) mass is 343 g/mol. The molecule has 0 aliphatic heterocycles. The summed E-state index contributed by atoms with van der Waals surface area (Å²) in [6.07, 6.45) is 0. The van der Waals surface area contributed by atoms with Crippen molar-refractivity contribution in [3.05, 3.63) is 45.5 Å². The summed E-state index contributed by atoms with van der Waals surface area (Å²) in [5.41, 5.74) is 4.14. The predicted octanol–water partition coefficient (Wildman–Crippen LogP) is 3.32. The number of rotatable bonds is 4. The summed E-state index contributed by atoms with van der Waals surface area (Å²) in [4.78, 5) is 15.6. The highest BCUT2D eigenvalue weighted by atomic mass is 32.1. The molecule has 0 spiro atoms. The minimum absolute atomic E-state index is 0.0196. The molecule has 6 nitrogen and oxygen atoms in total. The standard InChI is InChI=1S/C17H21N5OS/c1-10-16(12(3)22(5)20-10)13-9-14(19-18-13)17(23)21(4)11(2)15-7-6-8-24-15/h6-9,11H,1-5H3,(H,18,19). The molecule has 0 aromatic carbocycles. The van der Waals surface area contributed by atoms with Crippen molar-refractivity contribution in [2.45, 2.75) is 26.8 Å². The van der Waals surface area contributed by atoms with Crippen molar-refractivity contribution in [3.8, 4) is 11.3 Å². The van der Waals surface area contributed by atoms with E-state index < -0.39 is 0 Å². The van der Waals surface area contributed by atoms with Crippen molar-refractivity contribution in [2.24, 2.45) is 7.05 Å². The lowest BCUT2D eigenvalue weighted by Gasteiger charge is -2.23. The summed E-state index contributed by atoms with van der Waals surface area (Å²) in [6, 6.07) is 5.86. The van der Waals surface area contributed by atoms with Gasteiger partial charge in [-0.2, -0.15) is 10.2 Å². The number of hydrogen-bond acceptors (Lipinski definition) is 4. The highest BCUT2D eigenvalue weighted by molar-refractivity contribution is 7.10. The van der Waals surface area contributed by atoms with Gasteiger partial charge in [-0.3, -0.25) is 14.6 Å². The zero-order chi connectivity index (χ0) is 17.4. The molecular weight excluding hydrogens is 322 g/mol. The first-order valence-corrected chi connectivity index (χ1v) is 8.64. The third kappa shape index (κ3) is 2.75. The number of thiophene rings is 1. The van der Waals surface area contributed by atoms with Crippen molar-refractivity contribution in [3.63, 3.8) is 0 Å². The average Bonchev–Trinajstić information content (AvgIpc) is 3.27. The summed E-state index contributed by atoms with van der Waals surface area (Å²) >= 11 is 1.65. The SMILES string of the molecule is Cc1nn(C)c(C)c1-c1cc(C(=O)N(C)C(C)c2cccs2)[nH]n1. The molecule has 1 amide bonds. The van der Waals surface area contributed by atoms with E-state index in [1.807, 2.05) is 57.1 Å². The fraction of sp³-hybridized carbons (Fsp3) is 0.353. The molecule has 3 heterocycles. The highest BCUT2D eigenvalue weighted by Gasteiger charge is 2.23. The molecule has 3 aromatic heterocycles. The maximum atomic E-state index is 12.7. The van der Waals surface area contributed by atoms with Crippen LogP contribution in [0.3, 0.4) is 0 Å². The van der Waals surface area contributed by atoms with Gasteiger partial charge in [-0.15, -0.1) is 11.3 Å². The van der Waals surface area contributed by atoms with Crippen LogP contribution in [-0.4, -0.2) is 37.8 Å². The van der Waals surface area contributed by atoms with Crippen LogP contribution in [0, 0.1) is 13.8 Å². The number of nitrogens with one attached hydrogen (secondary N) is 1. The first-order valence-electron chi connectivity index (χ1n) is 7.76. The molecule has 0 radical (unpaired) electrons. The second kappa shape index (κ2) is 6.24. The second-order valence-corrected chi connectivity index (χ2v) is 6.92. The van der Waals surface area contributed by atoms with E-state index in [1.165, 1.54) is 0 Å². The topological polar surface area (TPSA) is 66.8 Å². The summed E-state index contributed by atoms with van der Waals surface area (Å²) in [5.74, 6) is -0.0751. The van der Waals surface area contributed by atoms with Crippen molar-refractivity contribution in [1.82, 2.24) is 24.9 Å². The van der Waals surface area contributed by atoms with Gasteiger partial charge in [0.1, 0.15) is 5.69 Å². The van der Waals surface area contributed by atoms with Gasteiger partial charge in [0, 0.05) is 30.2 Å². The Hall–Kier alpha value is -2.41. The highest BCUT2D eigenvalue weighted by Crippen LogP contribution is 2.27. The molecule has 1 atom stereocenters. The molecule has 0 bridgehead atoms. The maximum absolute atomic E-state index is 12.7. The lowest BCUT2D eigenvalue weighted by molar-refractivity contribution is 0.0739. The van der Waals surface area contributed by atoms with E-state index in [1.54, 1.807) is 22.3 Å². The third-order valence-corrected chi connectivity index (χ3v) is 5.47. The third-order valence-electron chi connectivity index (χ3n) is 4.43. The van der Waals surface area contributed by atoms with Gasteiger partial charge in [0.15, 0.2) is 0 Å². The number of aromatic amines is 1. The molecule has 0 saturated heterocycles. The lowest BCUT2D eigenvalue weighted by atomic mass is 10.1. The van der Waals surface area contributed by atoms with Crippen LogP contribution in [0.15, 0.2) is 23.6 Å². The van der Waals surface area contributed by atoms with Crippen molar-refractivity contribution in [2.75, 3.05) is 7.05 Å². The van der Waals surface area contributed by atoms with Gasteiger partial charge in [-0.25, -0.2) is 0 Å². The van der Waals surface area contributed by atoms with Crippen LogP contribution in [0.5, 0.6) is 0 Å². The minimum Gasteiger partial charge on any atom is -0.333 e. The quantitative estimate of drug-likeness (QED) is 0.790. The molecule has 0 aliphatic carbocycles. The summed E-state index contributed by atoms with van der Waals surface area (Å²) < 4.78 is 1.83. The zero-order valence-corrected chi connectivity index (χ0v) is 15.3. The molecule has 126 valence electrons. The molecule has 3 aromatic rings. The number of carbonyl (C=O) groups is 1. The van der Waals surface area contributed by atoms with Crippen LogP contribution in [0.1, 0.15) is 39.7 Å². The van der Waals surface area contributed by atoms with E-state index in [2.05, 4.69) is 15.3 Å². The van der Waals surface area contributed by atoms with Crippen molar-refractivity contribution in [1.29, 1.82) is 0 Å². The molecule has 24 heavy (non-hydrogen) atoms. The van der Waals surface area contributed by atoms with E-state index in [4.69, 9.17) is 0 Å². The zero-order valence-electron chi connectivity index (χ0n) is 14.5. The molecular formula is C17H21N5OS. The number of aryl methyl sites for hydroxylation is 2. The summed E-state index contributed by atoms with van der Waals surface area (Å²) in [5, 5.41) is 13.6. The molecule has 1 unspecified atom stereocenters. The first-order chi connectivity index (χ1) is 11.4. The number of carbonyl (C=O) groups excluding carboxylic acids is 1. The molecule has 0 fully saturated rings. The van der Waals surface area contributed by atoms with Crippen LogP contribution in [-0.2, 0) is 7.05 Å². The molecule has 1 N–H and O–H groups in total. The Morgan fingerprint density at radius 1 is 1.42 bits per heavy atom. The molecule has 7 heteroatoms.